The molecule has 3 heteroatoms. The molecule has 0 aromatic carbocycles. The number of rotatable bonds is 5. The second-order valence-electron chi connectivity index (χ2n) is 3.50. The second kappa shape index (κ2) is 5.73. The number of hydrogen-bond donors (Lipinski definition) is 2. The first-order valence-electron chi connectivity index (χ1n) is 5.09. The fraction of sp³-hybridized carbons (Fsp3) is 0.545. The van der Waals surface area contributed by atoms with E-state index < -0.39 is 0 Å². The zero-order chi connectivity index (χ0) is 10.4. The molecular formula is C11H18N2O. The Morgan fingerprint density at radius 2 is 2.29 bits per heavy atom. The molecule has 1 unspecified atom stereocenters. The van der Waals surface area contributed by atoms with E-state index in [4.69, 9.17) is 10.8 Å². The fourth-order valence-corrected chi connectivity index (χ4v) is 1.32. The van der Waals surface area contributed by atoms with Crippen LogP contribution in [0.2, 0.25) is 0 Å². The van der Waals surface area contributed by atoms with Crippen molar-refractivity contribution in [3.05, 3.63) is 29.6 Å². The van der Waals surface area contributed by atoms with E-state index in [0.717, 1.165) is 30.5 Å². The van der Waals surface area contributed by atoms with E-state index in [-0.39, 0.29) is 12.6 Å². The van der Waals surface area contributed by atoms with Crippen LogP contribution in [0.4, 0.5) is 0 Å². The molecule has 0 saturated heterocycles. The molecule has 0 amide bonds. The van der Waals surface area contributed by atoms with Gasteiger partial charge in [0.15, 0.2) is 0 Å². The third kappa shape index (κ3) is 3.09. The highest BCUT2D eigenvalue weighted by Gasteiger charge is 2.05. The molecule has 1 atom stereocenters. The summed E-state index contributed by atoms with van der Waals surface area (Å²) in [6.45, 7) is 2.19. The smallest absolute Gasteiger partial charge is 0.0696 e. The molecule has 3 N–H and O–H groups in total. The maximum absolute atomic E-state index is 8.84. The summed E-state index contributed by atoms with van der Waals surface area (Å²) in [5.41, 5.74) is 7.69. The zero-order valence-electron chi connectivity index (χ0n) is 8.61. The second-order valence-corrected chi connectivity index (χ2v) is 3.50. The summed E-state index contributed by atoms with van der Waals surface area (Å²) in [7, 11) is 0. The van der Waals surface area contributed by atoms with Gasteiger partial charge in [-0.3, -0.25) is 4.98 Å². The summed E-state index contributed by atoms with van der Waals surface area (Å²) in [4.78, 5) is 4.22. The maximum Gasteiger partial charge on any atom is 0.0696 e. The lowest BCUT2D eigenvalue weighted by Gasteiger charge is -2.10. The van der Waals surface area contributed by atoms with E-state index in [0.29, 0.717) is 0 Å². The molecule has 1 heterocycles. The van der Waals surface area contributed by atoms with Crippen molar-refractivity contribution in [1.29, 1.82) is 0 Å². The normalized spacial score (nSPS) is 12.8. The Kier molecular flexibility index (Phi) is 4.56. The van der Waals surface area contributed by atoms with Crippen LogP contribution in [-0.2, 0) is 6.61 Å². The summed E-state index contributed by atoms with van der Waals surface area (Å²) in [6, 6.07) is 3.79. The van der Waals surface area contributed by atoms with Gasteiger partial charge in [-0.25, -0.2) is 0 Å². The van der Waals surface area contributed by atoms with E-state index in [9.17, 15) is 0 Å². The lowest BCUT2D eigenvalue weighted by atomic mass is 10.1. The van der Waals surface area contributed by atoms with E-state index in [2.05, 4.69) is 11.9 Å². The molecule has 0 spiro atoms. The standard InChI is InChI=1S/C11H18N2O/c1-2-3-4-10(12)11-6-5-9(8-14)7-13-11/h5-7,10,14H,2-4,8,12H2,1H3. The lowest BCUT2D eigenvalue weighted by Crippen LogP contribution is -2.11. The Hall–Kier alpha value is -0.930. The minimum absolute atomic E-state index is 0.0303. The lowest BCUT2D eigenvalue weighted by molar-refractivity contribution is 0.281. The van der Waals surface area contributed by atoms with Gasteiger partial charge in [-0.1, -0.05) is 25.8 Å². The number of aliphatic hydroxyl groups is 1. The van der Waals surface area contributed by atoms with Crippen molar-refractivity contribution in [2.45, 2.75) is 38.8 Å². The first-order valence-corrected chi connectivity index (χ1v) is 5.09. The molecule has 1 rings (SSSR count). The first-order chi connectivity index (χ1) is 6.77. The van der Waals surface area contributed by atoms with Crippen LogP contribution in [0.15, 0.2) is 18.3 Å². The molecule has 0 aliphatic rings. The number of nitrogens with zero attached hydrogens (tertiary/aromatic N) is 1. The van der Waals surface area contributed by atoms with Crippen molar-refractivity contribution < 1.29 is 5.11 Å². The molecule has 0 aliphatic heterocycles. The SMILES string of the molecule is CCCCC(N)c1ccc(CO)cn1. The average molecular weight is 194 g/mol. The van der Waals surface area contributed by atoms with Gasteiger partial charge in [0.2, 0.25) is 0 Å². The monoisotopic (exact) mass is 194 g/mol. The van der Waals surface area contributed by atoms with Gasteiger partial charge in [-0.05, 0) is 18.1 Å². The van der Waals surface area contributed by atoms with Gasteiger partial charge in [-0.2, -0.15) is 0 Å². The molecule has 14 heavy (non-hydrogen) atoms. The van der Waals surface area contributed by atoms with Gasteiger partial charge in [0, 0.05) is 12.2 Å². The Morgan fingerprint density at radius 3 is 2.79 bits per heavy atom. The summed E-state index contributed by atoms with van der Waals surface area (Å²) in [5.74, 6) is 0. The average Bonchev–Trinajstić information content (AvgIpc) is 2.26. The van der Waals surface area contributed by atoms with E-state index >= 15 is 0 Å². The Morgan fingerprint density at radius 1 is 1.50 bits per heavy atom. The van der Waals surface area contributed by atoms with Gasteiger partial charge < -0.3 is 10.8 Å². The van der Waals surface area contributed by atoms with Crippen molar-refractivity contribution in [2.75, 3.05) is 0 Å². The summed E-state index contributed by atoms with van der Waals surface area (Å²) in [5, 5.41) is 8.84. The molecule has 0 saturated carbocycles. The Balaban J connectivity index is 2.57. The number of pyridine rings is 1. The molecule has 1 aromatic heterocycles. The molecule has 0 radical (unpaired) electrons. The molecule has 3 nitrogen and oxygen atoms in total. The van der Waals surface area contributed by atoms with Crippen LogP contribution in [0.1, 0.15) is 43.5 Å². The predicted molar refractivity (Wildman–Crippen MR) is 56.6 cm³/mol. The largest absolute Gasteiger partial charge is 0.392 e. The quantitative estimate of drug-likeness (QED) is 0.751. The van der Waals surface area contributed by atoms with Crippen LogP contribution in [0.5, 0.6) is 0 Å². The van der Waals surface area contributed by atoms with Crippen molar-refractivity contribution in [1.82, 2.24) is 4.98 Å². The minimum Gasteiger partial charge on any atom is -0.392 e. The molecule has 0 aliphatic carbocycles. The van der Waals surface area contributed by atoms with Crippen LogP contribution in [0, 0.1) is 0 Å². The number of hydrogen-bond acceptors (Lipinski definition) is 3. The predicted octanol–water partition coefficient (Wildman–Crippen LogP) is 1.76. The molecule has 78 valence electrons. The number of aromatic nitrogens is 1. The Bertz CT molecular complexity index is 258. The van der Waals surface area contributed by atoms with E-state index in [1.54, 1.807) is 6.20 Å². The van der Waals surface area contributed by atoms with Crippen molar-refractivity contribution in [3.63, 3.8) is 0 Å². The number of aliphatic hydroxyl groups excluding tert-OH is 1. The number of nitrogens with two attached hydrogens (primary N) is 1. The fourth-order valence-electron chi connectivity index (χ4n) is 1.32. The third-order valence-electron chi connectivity index (χ3n) is 2.28. The molecule has 1 aromatic rings. The topological polar surface area (TPSA) is 59.1 Å². The van der Waals surface area contributed by atoms with Crippen molar-refractivity contribution >= 4 is 0 Å². The van der Waals surface area contributed by atoms with Gasteiger partial charge in [0.05, 0.1) is 12.3 Å². The highest BCUT2D eigenvalue weighted by molar-refractivity contribution is 5.15. The molecule has 0 bridgehead atoms. The zero-order valence-corrected chi connectivity index (χ0v) is 8.61. The van der Waals surface area contributed by atoms with Crippen LogP contribution >= 0.6 is 0 Å². The van der Waals surface area contributed by atoms with Crippen molar-refractivity contribution in [3.8, 4) is 0 Å². The summed E-state index contributed by atoms with van der Waals surface area (Å²) >= 11 is 0. The van der Waals surface area contributed by atoms with Gasteiger partial charge in [0.25, 0.3) is 0 Å². The first kappa shape index (κ1) is 11.1. The van der Waals surface area contributed by atoms with Crippen molar-refractivity contribution in [2.24, 2.45) is 5.73 Å². The van der Waals surface area contributed by atoms with E-state index in [1.165, 1.54) is 0 Å². The molecule has 0 fully saturated rings. The van der Waals surface area contributed by atoms with Gasteiger partial charge >= 0.3 is 0 Å². The number of unbranched alkanes of at least 4 members (excludes halogenated alkanes) is 1. The summed E-state index contributed by atoms with van der Waals surface area (Å²) in [6.07, 6.45) is 4.94. The third-order valence-corrected chi connectivity index (χ3v) is 2.28. The Labute approximate surface area is 85.0 Å². The van der Waals surface area contributed by atoms with E-state index in [1.807, 2.05) is 12.1 Å². The summed E-state index contributed by atoms with van der Waals surface area (Å²) < 4.78 is 0. The minimum atomic E-state index is 0.0303. The van der Waals surface area contributed by atoms with Crippen LogP contribution in [0.25, 0.3) is 0 Å². The maximum atomic E-state index is 8.84. The highest BCUT2D eigenvalue weighted by Crippen LogP contribution is 2.14. The highest BCUT2D eigenvalue weighted by atomic mass is 16.3. The van der Waals surface area contributed by atoms with Crippen LogP contribution in [-0.4, -0.2) is 10.1 Å². The van der Waals surface area contributed by atoms with Gasteiger partial charge in [0.1, 0.15) is 0 Å². The van der Waals surface area contributed by atoms with Crippen LogP contribution < -0.4 is 5.73 Å². The van der Waals surface area contributed by atoms with Crippen LogP contribution in [0.3, 0.4) is 0 Å². The van der Waals surface area contributed by atoms with Gasteiger partial charge in [-0.15, -0.1) is 0 Å². The molecular weight excluding hydrogens is 176 g/mol.